The Balaban J connectivity index is 1.50. The molecule has 0 spiro atoms. The van der Waals surface area contributed by atoms with Crippen molar-refractivity contribution in [1.82, 2.24) is 19.8 Å². The predicted octanol–water partition coefficient (Wildman–Crippen LogP) is 3.14. The third kappa shape index (κ3) is 7.05. The van der Waals surface area contributed by atoms with Gasteiger partial charge in [0.05, 0.1) is 18.0 Å². The number of sulfonamides is 1. The largest absolute Gasteiger partial charge is 0.351 e. The summed E-state index contributed by atoms with van der Waals surface area (Å²) in [6.45, 7) is 2.54. The molecule has 0 aliphatic rings. The van der Waals surface area contributed by atoms with Crippen molar-refractivity contribution in [3.63, 3.8) is 0 Å². The van der Waals surface area contributed by atoms with Crippen LogP contribution in [0.5, 0.6) is 0 Å². The minimum atomic E-state index is -3.51. The number of amides is 1. The molecule has 1 aromatic heterocycles. The molecule has 0 aliphatic heterocycles. The van der Waals surface area contributed by atoms with E-state index in [1.807, 2.05) is 67.6 Å². The molecule has 32 heavy (non-hydrogen) atoms. The number of carbonyl (C=O) groups excluding carboxylic acids is 1. The van der Waals surface area contributed by atoms with E-state index in [0.717, 1.165) is 11.1 Å². The van der Waals surface area contributed by atoms with Crippen LogP contribution in [0.3, 0.4) is 0 Å². The Bertz CT molecular complexity index is 1180. The van der Waals surface area contributed by atoms with Crippen LogP contribution in [0.1, 0.15) is 22.4 Å². The monoisotopic (exact) mass is 472 g/mol. The van der Waals surface area contributed by atoms with Gasteiger partial charge >= 0.3 is 0 Å². The van der Waals surface area contributed by atoms with E-state index < -0.39 is 15.9 Å². The molecule has 0 radical (unpaired) electrons. The average Bonchev–Trinajstić information content (AvgIpc) is 3.04. The second kappa shape index (κ2) is 11.1. The van der Waals surface area contributed by atoms with Crippen molar-refractivity contribution < 1.29 is 13.2 Å². The number of aromatic nitrogens is 2. The maximum Gasteiger partial charge on any atom is 0.244 e. The molecule has 2 N–H and O–H groups in total. The normalized spacial score (nSPS) is 11.7. The van der Waals surface area contributed by atoms with Crippen LogP contribution in [0.25, 0.3) is 6.08 Å². The van der Waals surface area contributed by atoms with Gasteiger partial charge in [-0.2, -0.15) is 5.10 Å². The van der Waals surface area contributed by atoms with E-state index in [4.69, 9.17) is 11.6 Å². The Hall–Kier alpha value is -2.94. The zero-order valence-electron chi connectivity index (χ0n) is 17.7. The maximum atomic E-state index is 12.1. The molecule has 0 fully saturated rings. The van der Waals surface area contributed by atoms with Crippen LogP contribution in [0.15, 0.2) is 66.7 Å². The number of benzene rings is 2. The van der Waals surface area contributed by atoms with Gasteiger partial charge in [0.15, 0.2) is 0 Å². The van der Waals surface area contributed by atoms with Crippen molar-refractivity contribution in [1.29, 1.82) is 0 Å². The summed E-state index contributed by atoms with van der Waals surface area (Å²) in [5, 5.41) is 7.45. The summed E-state index contributed by atoms with van der Waals surface area (Å²) in [6.07, 6.45) is 2.91. The molecule has 3 rings (SSSR count). The summed E-state index contributed by atoms with van der Waals surface area (Å²) < 4.78 is 28.4. The molecule has 3 aromatic rings. The second-order valence-corrected chi connectivity index (χ2v) is 9.47. The Morgan fingerprint density at radius 2 is 1.69 bits per heavy atom. The van der Waals surface area contributed by atoms with Crippen LogP contribution >= 0.6 is 11.6 Å². The molecule has 7 nitrogen and oxygen atoms in total. The molecule has 9 heteroatoms. The lowest BCUT2D eigenvalue weighted by atomic mass is 10.2. The van der Waals surface area contributed by atoms with Crippen molar-refractivity contribution in [3.8, 4) is 0 Å². The van der Waals surface area contributed by atoms with Crippen molar-refractivity contribution in [2.24, 2.45) is 0 Å². The third-order valence-electron chi connectivity index (χ3n) is 4.69. The molecule has 0 atom stereocenters. The first-order valence-corrected chi connectivity index (χ1v) is 12.1. The summed E-state index contributed by atoms with van der Waals surface area (Å²) in [7, 11) is -3.51. The van der Waals surface area contributed by atoms with E-state index >= 15 is 0 Å². The molecule has 0 saturated carbocycles. The minimum absolute atomic E-state index is 0.00667. The second-order valence-electron chi connectivity index (χ2n) is 7.18. The summed E-state index contributed by atoms with van der Waals surface area (Å²) >= 11 is 6.44. The van der Waals surface area contributed by atoms with Gasteiger partial charge in [0, 0.05) is 24.7 Å². The highest BCUT2D eigenvalue weighted by Crippen LogP contribution is 2.22. The van der Waals surface area contributed by atoms with Crippen LogP contribution in [0, 0.1) is 6.92 Å². The maximum absolute atomic E-state index is 12.1. The quantitative estimate of drug-likeness (QED) is 0.443. The molecular weight excluding hydrogens is 448 g/mol. The number of carbonyl (C=O) groups is 1. The first-order chi connectivity index (χ1) is 15.3. The fraction of sp³-hybridized carbons (Fsp3) is 0.217. The minimum Gasteiger partial charge on any atom is -0.351 e. The van der Waals surface area contributed by atoms with Crippen LogP contribution in [0.4, 0.5) is 0 Å². The molecule has 2 aromatic carbocycles. The lowest BCUT2D eigenvalue weighted by molar-refractivity contribution is -0.116. The number of hydrogen-bond donors (Lipinski definition) is 2. The predicted molar refractivity (Wildman–Crippen MR) is 127 cm³/mol. The SMILES string of the molecule is Cc1nn(Cc2ccccc2)c(Cl)c1C=CC(=O)NCCS(=O)(=O)NCc1ccccc1. The fourth-order valence-corrected chi connectivity index (χ4v) is 4.20. The van der Waals surface area contributed by atoms with E-state index in [2.05, 4.69) is 15.1 Å². The van der Waals surface area contributed by atoms with Gasteiger partial charge in [-0.25, -0.2) is 17.8 Å². The Kier molecular flexibility index (Phi) is 8.21. The molecule has 0 unspecified atom stereocenters. The lowest BCUT2D eigenvalue weighted by Crippen LogP contribution is -2.33. The highest BCUT2D eigenvalue weighted by molar-refractivity contribution is 7.89. The average molecular weight is 473 g/mol. The summed E-state index contributed by atoms with van der Waals surface area (Å²) in [6, 6.07) is 19.0. The number of nitrogens with zero attached hydrogens (tertiary/aromatic N) is 2. The van der Waals surface area contributed by atoms with Crippen LogP contribution in [-0.4, -0.2) is 36.4 Å². The van der Waals surface area contributed by atoms with Crippen LogP contribution in [-0.2, 0) is 27.9 Å². The van der Waals surface area contributed by atoms with Crippen molar-refractivity contribution in [3.05, 3.63) is 94.3 Å². The highest BCUT2D eigenvalue weighted by atomic mass is 35.5. The van der Waals surface area contributed by atoms with E-state index in [9.17, 15) is 13.2 Å². The summed E-state index contributed by atoms with van der Waals surface area (Å²) in [5.74, 6) is -0.622. The smallest absolute Gasteiger partial charge is 0.244 e. The van der Waals surface area contributed by atoms with Gasteiger partial charge in [-0.1, -0.05) is 72.3 Å². The Labute approximate surface area is 193 Å². The lowest BCUT2D eigenvalue weighted by Gasteiger charge is -2.07. The number of halogens is 1. The van der Waals surface area contributed by atoms with Gasteiger partial charge in [-0.3, -0.25) is 4.79 Å². The molecule has 0 saturated heterocycles. The first kappa shape index (κ1) is 23.7. The first-order valence-electron chi connectivity index (χ1n) is 10.1. The number of hydrogen-bond acceptors (Lipinski definition) is 4. The topological polar surface area (TPSA) is 93.1 Å². The van der Waals surface area contributed by atoms with E-state index in [1.165, 1.54) is 6.08 Å². The standard InChI is InChI=1S/C23H25ClN4O3S/c1-18-21(23(24)28(27-18)17-20-10-6-3-7-11-20)12-13-22(29)25-14-15-32(30,31)26-16-19-8-4-2-5-9-19/h2-13,26H,14-17H2,1H3,(H,25,29). The van der Waals surface area contributed by atoms with E-state index in [1.54, 1.807) is 10.8 Å². The fourth-order valence-electron chi connectivity index (χ4n) is 3.01. The molecular formula is C23H25ClN4O3S. The van der Waals surface area contributed by atoms with Crippen molar-refractivity contribution >= 4 is 33.6 Å². The van der Waals surface area contributed by atoms with Gasteiger partial charge in [-0.05, 0) is 24.1 Å². The number of nitrogens with one attached hydrogen (secondary N) is 2. The van der Waals surface area contributed by atoms with Gasteiger partial charge < -0.3 is 5.32 Å². The Morgan fingerprint density at radius 1 is 1.06 bits per heavy atom. The molecule has 1 heterocycles. The van der Waals surface area contributed by atoms with Gasteiger partial charge in [-0.15, -0.1) is 0 Å². The summed E-state index contributed by atoms with van der Waals surface area (Å²) in [5.41, 5.74) is 3.27. The van der Waals surface area contributed by atoms with Crippen molar-refractivity contribution in [2.75, 3.05) is 12.3 Å². The van der Waals surface area contributed by atoms with E-state index in [0.29, 0.717) is 23.0 Å². The highest BCUT2D eigenvalue weighted by Gasteiger charge is 2.13. The number of rotatable bonds is 10. The van der Waals surface area contributed by atoms with Crippen molar-refractivity contribution in [2.45, 2.75) is 20.0 Å². The molecule has 1 amide bonds. The van der Waals surface area contributed by atoms with Crippen LogP contribution in [0.2, 0.25) is 5.15 Å². The van der Waals surface area contributed by atoms with Crippen LogP contribution < -0.4 is 10.0 Å². The summed E-state index contributed by atoms with van der Waals surface area (Å²) in [4.78, 5) is 12.1. The zero-order valence-corrected chi connectivity index (χ0v) is 19.2. The zero-order chi connectivity index (χ0) is 23.0. The third-order valence-corrected chi connectivity index (χ3v) is 6.42. The van der Waals surface area contributed by atoms with E-state index in [-0.39, 0.29) is 18.8 Å². The number of aryl methyl sites for hydroxylation is 1. The molecule has 0 aliphatic carbocycles. The molecule has 168 valence electrons. The van der Waals surface area contributed by atoms with Gasteiger partial charge in [0.1, 0.15) is 5.15 Å². The van der Waals surface area contributed by atoms with Gasteiger partial charge in [0.2, 0.25) is 15.9 Å². The molecule has 0 bridgehead atoms. The van der Waals surface area contributed by atoms with Gasteiger partial charge in [0.25, 0.3) is 0 Å². The Morgan fingerprint density at radius 3 is 2.34 bits per heavy atom.